The number of furan rings is 1. The van der Waals surface area contributed by atoms with Crippen molar-refractivity contribution < 1.29 is 4.42 Å². The van der Waals surface area contributed by atoms with E-state index in [1.807, 2.05) is 42.5 Å². The Morgan fingerprint density at radius 2 is 1.44 bits per heavy atom. The SMILES string of the molecule is C=C/C=C(\C=C)c1ccc(N(/C(C=C)=C/C=C)c2cccc3c2oc2ccccc23)cc1. The van der Waals surface area contributed by atoms with Gasteiger partial charge < -0.3 is 9.32 Å². The predicted molar refractivity (Wildman–Crippen MR) is 139 cm³/mol. The molecule has 0 atom stereocenters. The molecule has 0 unspecified atom stereocenters. The fourth-order valence-electron chi connectivity index (χ4n) is 3.90. The summed E-state index contributed by atoms with van der Waals surface area (Å²) < 4.78 is 6.31. The van der Waals surface area contributed by atoms with E-state index in [1.54, 1.807) is 12.2 Å². The molecule has 0 aliphatic rings. The summed E-state index contributed by atoms with van der Waals surface area (Å²) in [5, 5.41) is 2.17. The van der Waals surface area contributed by atoms with E-state index in [-0.39, 0.29) is 0 Å². The van der Waals surface area contributed by atoms with Crippen LogP contribution in [0, 0.1) is 0 Å². The number of rotatable bonds is 8. The summed E-state index contributed by atoms with van der Waals surface area (Å²) in [5.74, 6) is 0. The molecule has 4 aromatic rings. The van der Waals surface area contributed by atoms with Gasteiger partial charge in [-0.2, -0.15) is 0 Å². The zero-order valence-corrected chi connectivity index (χ0v) is 18.0. The van der Waals surface area contributed by atoms with E-state index in [1.165, 1.54) is 0 Å². The second kappa shape index (κ2) is 9.23. The van der Waals surface area contributed by atoms with Crippen LogP contribution in [-0.4, -0.2) is 0 Å². The molecular formula is C30H25NO. The fraction of sp³-hybridized carbons (Fsp3) is 0. The third-order valence-electron chi connectivity index (χ3n) is 5.36. The Bertz CT molecular complexity index is 1380. The summed E-state index contributed by atoms with van der Waals surface area (Å²) >= 11 is 0. The minimum Gasteiger partial charge on any atom is -0.454 e. The molecule has 0 bridgehead atoms. The first-order valence-electron chi connectivity index (χ1n) is 10.4. The van der Waals surface area contributed by atoms with Gasteiger partial charge in [0, 0.05) is 22.2 Å². The second-order valence-electron chi connectivity index (χ2n) is 7.23. The van der Waals surface area contributed by atoms with Crippen molar-refractivity contribution in [3.8, 4) is 0 Å². The molecule has 4 rings (SSSR count). The lowest BCUT2D eigenvalue weighted by molar-refractivity contribution is 0.669. The van der Waals surface area contributed by atoms with Crippen molar-refractivity contribution >= 4 is 38.9 Å². The Hall–Kier alpha value is -4.30. The van der Waals surface area contributed by atoms with Crippen LogP contribution in [-0.2, 0) is 0 Å². The van der Waals surface area contributed by atoms with Crippen molar-refractivity contribution in [2.24, 2.45) is 0 Å². The van der Waals surface area contributed by atoms with Crippen LogP contribution >= 0.6 is 0 Å². The van der Waals surface area contributed by atoms with Gasteiger partial charge in [0.25, 0.3) is 0 Å². The smallest absolute Gasteiger partial charge is 0.159 e. The fourth-order valence-corrected chi connectivity index (χ4v) is 3.90. The lowest BCUT2D eigenvalue weighted by Crippen LogP contribution is -2.15. The quantitative estimate of drug-likeness (QED) is 0.267. The first-order chi connectivity index (χ1) is 15.7. The van der Waals surface area contributed by atoms with Gasteiger partial charge in [-0.1, -0.05) is 93.1 Å². The maximum atomic E-state index is 6.31. The first kappa shape index (κ1) is 21.0. The van der Waals surface area contributed by atoms with E-state index < -0.39 is 0 Å². The van der Waals surface area contributed by atoms with Crippen LogP contribution < -0.4 is 4.90 Å². The predicted octanol–water partition coefficient (Wildman–Crippen LogP) is 8.74. The van der Waals surface area contributed by atoms with Crippen molar-refractivity contribution in [1.29, 1.82) is 0 Å². The summed E-state index contributed by atoms with van der Waals surface area (Å²) in [6.07, 6.45) is 11.1. The largest absolute Gasteiger partial charge is 0.454 e. The monoisotopic (exact) mass is 415 g/mol. The van der Waals surface area contributed by atoms with E-state index in [2.05, 4.69) is 79.7 Å². The Labute approximate surface area is 189 Å². The van der Waals surface area contributed by atoms with Gasteiger partial charge in [0.05, 0.1) is 5.69 Å². The third-order valence-corrected chi connectivity index (χ3v) is 5.36. The number of allylic oxidation sites excluding steroid dienone is 7. The number of fused-ring (bicyclic) bond motifs is 3. The van der Waals surface area contributed by atoms with E-state index >= 15 is 0 Å². The maximum Gasteiger partial charge on any atom is 0.159 e. The van der Waals surface area contributed by atoms with Gasteiger partial charge in [-0.05, 0) is 47.6 Å². The van der Waals surface area contributed by atoms with Crippen molar-refractivity contribution in [2.45, 2.75) is 0 Å². The molecular weight excluding hydrogens is 390 g/mol. The van der Waals surface area contributed by atoms with Crippen molar-refractivity contribution in [3.63, 3.8) is 0 Å². The molecule has 3 aromatic carbocycles. The van der Waals surface area contributed by atoms with Gasteiger partial charge in [-0.25, -0.2) is 0 Å². The first-order valence-corrected chi connectivity index (χ1v) is 10.4. The molecule has 2 heteroatoms. The zero-order valence-electron chi connectivity index (χ0n) is 18.0. The summed E-state index contributed by atoms with van der Waals surface area (Å²) in [5.41, 5.74) is 6.59. The Morgan fingerprint density at radius 1 is 0.719 bits per heavy atom. The molecule has 1 aromatic heterocycles. The average Bonchev–Trinajstić information content (AvgIpc) is 3.22. The standard InChI is InChI=1S/C30H25NO/c1-5-12-22(7-3)23-18-20-25(21-19-23)31(24(8-4)13-6-2)28-16-11-15-27-26-14-9-10-17-29(26)32-30(27)28/h5-21H,1-4H2/b22-12+,24-13+. The van der Waals surface area contributed by atoms with Crippen LogP contribution in [0.2, 0.25) is 0 Å². The number of hydrogen-bond donors (Lipinski definition) is 0. The van der Waals surface area contributed by atoms with E-state index in [4.69, 9.17) is 4.42 Å². The maximum absolute atomic E-state index is 6.31. The number of hydrogen-bond acceptors (Lipinski definition) is 2. The number of para-hydroxylation sites is 2. The van der Waals surface area contributed by atoms with Crippen molar-refractivity contribution in [3.05, 3.63) is 141 Å². The molecule has 0 amide bonds. The molecule has 0 fully saturated rings. The molecule has 0 N–H and O–H groups in total. The van der Waals surface area contributed by atoms with Crippen LogP contribution in [0.25, 0.3) is 27.5 Å². The number of anilines is 2. The van der Waals surface area contributed by atoms with E-state index in [0.717, 1.165) is 50.1 Å². The van der Waals surface area contributed by atoms with Crippen LogP contribution in [0.15, 0.2) is 140 Å². The summed E-state index contributed by atoms with van der Waals surface area (Å²) in [4.78, 5) is 2.13. The highest BCUT2D eigenvalue weighted by Gasteiger charge is 2.19. The molecule has 0 aliphatic heterocycles. The van der Waals surface area contributed by atoms with Gasteiger partial charge >= 0.3 is 0 Å². The van der Waals surface area contributed by atoms with E-state index in [0.29, 0.717) is 0 Å². The van der Waals surface area contributed by atoms with E-state index in [9.17, 15) is 0 Å². The summed E-state index contributed by atoms with van der Waals surface area (Å²) in [6.45, 7) is 15.6. The number of nitrogens with zero attached hydrogens (tertiary/aromatic N) is 1. The molecule has 0 aliphatic carbocycles. The highest BCUT2D eigenvalue weighted by Crippen LogP contribution is 2.40. The minimum absolute atomic E-state index is 0.827. The lowest BCUT2D eigenvalue weighted by atomic mass is 10.0. The zero-order chi connectivity index (χ0) is 22.5. The highest BCUT2D eigenvalue weighted by atomic mass is 16.3. The second-order valence-corrected chi connectivity index (χ2v) is 7.23. The Morgan fingerprint density at radius 3 is 2.12 bits per heavy atom. The highest BCUT2D eigenvalue weighted by molar-refractivity contribution is 6.09. The normalized spacial score (nSPS) is 12.0. The summed E-state index contributed by atoms with van der Waals surface area (Å²) in [7, 11) is 0. The molecule has 0 radical (unpaired) electrons. The summed E-state index contributed by atoms with van der Waals surface area (Å²) in [6, 6.07) is 22.6. The van der Waals surface area contributed by atoms with Gasteiger partial charge in [-0.15, -0.1) is 0 Å². The topological polar surface area (TPSA) is 16.4 Å². The van der Waals surface area contributed by atoms with Crippen molar-refractivity contribution in [2.75, 3.05) is 4.90 Å². The van der Waals surface area contributed by atoms with Gasteiger partial charge in [0.1, 0.15) is 5.58 Å². The average molecular weight is 416 g/mol. The van der Waals surface area contributed by atoms with Gasteiger partial charge in [0.2, 0.25) is 0 Å². The third kappa shape index (κ3) is 3.75. The minimum atomic E-state index is 0.827. The van der Waals surface area contributed by atoms with Crippen LogP contribution in [0.4, 0.5) is 11.4 Å². The molecule has 0 spiro atoms. The molecule has 1 heterocycles. The molecule has 0 saturated heterocycles. The lowest BCUT2D eigenvalue weighted by Gasteiger charge is -2.26. The van der Waals surface area contributed by atoms with Crippen molar-refractivity contribution in [1.82, 2.24) is 0 Å². The molecule has 32 heavy (non-hydrogen) atoms. The van der Waals surface area contributed by atoms with Crippen LogP contribution in [0.5, 0.6) is 0 Å². The number of benzene rings is 3. The Balaban J connectivity index is 1.93. The van der Waals surface area contributed by atoms with Crippen LogP contribution in [0.3, 0.4) is 0 Å². The molecule has 2 nitrogen and oxygen atoms in total. The van der Waals surface area contributed by atoms with Gasteiger partial charge in [-0.3, -0.25) is 0 Å². The van der Waals surface area contributed by atoms with Crippen LogP contribution in [0.1, 0.15) is 5.56 Å². The Kier molecular flexibility index (Phi) is 6.05. The molecule has 0 saturated carbocycles. The molecule has 156 valence electrons. The van der Waals surface area contributed by atoms with Gasteiger partial charge in [0.15, 0.2) is 5.58 Å².